The van der Waals surface area contributed by atoms with E-state index in [0.717, 1.165) is 24.3 Å². The summed E-state index contributed by atoms with van der Waals surface area (Å²) in [6, 6.07) is 9.49. The summed E-state index contributed by atoms with van der Waals surface area (Å²) in [4.78, 5) is 13.7. The summed E-state index contributed by atoms with van der Waals surface area (Å²) in [7, 11) is -4.04. The molecule has 0 atom stereocenters. The quantitative estimate of drug-likeness (QED) is 0.692. The summed E-state index contributed by atoms with van der Waals surface area (Å²) in [6.45, 7) is 2.21. The Balaban J connectivity index is 1.99. The molecule has 2 aromatic rings. The molecular formula is C16H15F3N2O5S. The Kier molecular flexibility index (Phi) is 6.28. The molecule has 2 rings (SSSR count). The zero-order valence-electron chi connectivity index (χ0n) is 13.9. The molecule has 146 valence electrons. The van der Waals surface area contributed by atoms with Gasteiger partial charge in [-0.1, -0.05) is 0 Å². The van der Waals surface area contributed by atoms with E-state index in [1.54, 1.807) is 6.92 Å². The maximum Gasteiger partial charge on any atom is 0.573 e. The molecule has 0 saturated carbocycles. The van der Waals surface area contributed by atoms with Crippen molar-refractivity contribution < 1.29 is 35.9 Å². The third-order valence-electron chi connectivity index (χ3n) is 3.09. The first-order valence-corrected chi connectivity index (χ1v) is 9.00. The summed E-state index contributed by atoms with van der Waals surface area (Å²) in [6.07, 6.45) is -4.85. The number of halogens is 3. The van der Waals surface area contributed by atoms with Gasteiger partial charge in [0.25, 0.3) is 15.9 Å². The highest BCUT2D eigenvalue weighted by Gasteiger charge is 2.31. The van der Waals surface area contributed by atoms with Gasteiger partial charge in [0.05, 0.1) is 11.5 Å². The van der Waals surface area contributed by atoms with Crippen molar-refractivity contribution in [3.8, 4) is 11.5 Å². The molecule has 2 N–H and O–H groups in total. The lowest BCUT2D eigenvalue weighted by atomic mass is 10.2. The van der Waals surface area contributed by atoms with Crippen LogP contribution in [0.25, 0.3) is 0 Å². The number of hydrogen-bond acceptors (Lipinski definition) is 5. The molecule has 0 aliphatic carbocycles. The van der Waals surface area contributed by atoms with Crippen molar-refractivity contribution in [1.82, 2.24) is 10.3 Å². The van der Waals surface area contributed by atoms with Gasteiger partial charge in [0.15, 0.2) is 0 Å². The van der Waals surface area contributed by atoms with E-state index in [1.165, 1.54) is 24.3 Å². The van der Waals surface area contributed by atoms with Crippen molar-refractivity contribution >= 4 is 15.9 Å². The van der Waals surface area contributed by atoms with Crippen molar-refractivity contribution in [3.63, 3.8) is 0 Å². The van der Waals surface area contributed by atoms with Gasteiger partial charge in [-0.15, -0.1) is 18.0 Å². The fraction of sp³-hybridized carbons (Fsp3) is 0.188. The number of carbonyl (C=O) groups excluding carboxylic acids is 1. The van der Waals surface area contributed by atoms with Gasteiger partial charge in [-0.05, 0) is 55.5 Å². The summed E-state index contributed by atoms with van der Waals surface area (Å²) < 4.78 is 69.4. The van der Waals surface area contributed by atoms with Gasteiger partial charge < -0.3 is 9.47 Å². The highest BCUT2D eigenvalue weighted by Crippen LogP contribution is 2.22. The highest BCUT2D eigenvalue weighted by molar-refractivity contribution is 7.89. The van der Waals surface area contributed by atoms with Gasteiger partial charge in [-0.25, -0.2) is 8.42 Å². The maximum atomic E-state index is 12.1. The molecule has 27 heavy (non-hydrogen) atoms. The van der Waals surface area contributed by atoms with Crippen molar-refractivity contribution in [2.24, 2.45) is 0 Å². The molecule has 0 saturated heterocycles. The minimum Gasteiger partial charge on any atom is -0.494 e. The molecule has 0 radical (unpaired) electrons. The van der Waals surface area contributed by atoms with Gasteiger partial charge in [-0.3, -0.25) is 10.2 Å². The number of amides is 1. The van der Waals surface area contributed by atoms with Crippen LogP contribution in [0.15, 0.2) is 53.4 Å². The Morgan fingerprint density at radius 1 is 1.00 bits per heavy atom. The second-order valence-corrected chi connectivity index (χ2v) is 6.72. The van der Waals surface area contributed by atoms with E-state index in [-0.39, 0.29) is 10.5 Å². The van der Waals surface area contributed by atoms with Crippen LogP contribution in [0, 0.1) is 0 Å². The van der Waals surface area contributed by atoms with Crippen LogP contribution in [0.3, 0.4) is 0 Å². The standard InChI is InChI=1S/C16H15F3N2O5S/c1-2-25-12-7-9-14(10-8-12)27(23,24)21-20-15(22)11-3-5-13(6-4-11)26-16(17,18)19/h3-10,21H,2H2,1H3,(H,20,22). The van der Waals surface area contributed by atoms with E-state index < -0.39 is 28.0 Å². The van der Waals surface area contributed by atoms with Gasteiger partial charge >= 0.3 is 6.36 Å². The van der Waals surface area contributed by atoms with Crippen LogP contribution < -0.4 is 19.7 Å². The van der Waals surface area contributed by atoms with Crippen molar-refractivity contribution in [1.29, 1.82) is 0 Å². The lowest BCUT2D eigenvalue weighted by molar-refractivity contribution is -0.274. The number of ether oxygens (including phenoxy) is 2. The Hall–Kier alpha value is -2.79. The summed E-state index contributed by atoms with van der Waals surface area (Å²) >= 11 is 0. The third-order valence-corrected chi connectivity index (χ3v) is 4.36. The average Bonchev–Trinajstić information content (AvgIpc) is 2.60. The van der Waals surface area contributed by atoms with Crippen LogP contribution >= 0.6 is 0 Å². The number of rotatable bonds is 7. The van der Waals surface area contributed by atoms with Crippen LogP contribution in [0.4, 0.5) is 13.2 Å². The summed E-state index contributed by atoms with van der Waals surface area (Å²) in [5, 5.41) is 0. The zero-order valence-corrected chi connectivity index (χ0v) is 14.7. The molecule has 0 heterocycles. The summed E-state index contributed by atoms with van der Waals surface area (Å²) in [5.74, 6) is -0.876. The number of alkyl halides is 3. The van der Waals surface area contributed by atoms with E-state index in [9.17, 15) is 26.4 Å². The first kappa shape index (κ1) is 20.5. The van der Waals surface area contributed by atoms with Gasteiger partial charge in [0, 0.05) is 5.56 Å². The Labute approximate surface area is 153 Å². The predicted molar refractivity (Wildman–Crippen MR) is 88.5 cm³/mol. The highest BCUT2D eigenvalue weighted by atomic mass is 32.2. The molecule has 0 aromatic heterocycles. The minimum atomic E-state index is -4.85. The monoisotopic (exact) mass is 404 g/mol. The zero-order chi connectivity index (χ0) is 20.1. The molecule has 0 aliphatic heterocycles. The molecule has 0 fully saturated rings. The number of hydrogen-bond donors (Lipinski definition) is 2. The molecule has 0 unspecified atom stereocenters. The van der Waals surface area contributed by atoms with Gasteiger partial charge in [-0.2, -0.15) is 0 Å². The van der Waals surface area contributed by atoms with Crippen LogP contribution in [-0.2, 0) is 10.0 Å². The molecule has 7 nitrogen and oxygen atoms in total. The number of carbonyl (C=O) groups is 1. The molecular weight excluding hydrogens is 389 g/mol. The molecule has 0 spiro atoms. The lowest BCUT2D eigenvalue weighted by Crippen LogP contribution is -2.41. The van der Waals surface area contributed by atoms with Crippen molar-refractivity contribution in [2.75, 3.05) is 6.61 Å². The Morgan fingerprint density at radius 2 is 1.56 bits per heavy atom. The second-order valence-electron chi connectivity index (χ2n) is 5.04. The first-order chi connectivity index (χ1) is 12.6. The number of nitrogens with one attached hydrogen (secondary N) is 2. The lowest BCUT2D eigenvalue weighted by Gasteiger charge is -2.11. The van der Waals surface area contributed by atoms with E-state index in [2.05, 4.69) is 4.74 Å². The smallest absolute Gasteiger partial charge is 0.494 e. The topological polar surface area (TPSA) is 93.7 Å². The fourth-order valence-electron chi connectivity index (χ4n) is 1.93. The predicted octanol–water partition coefficient (Wildman–Crippen LogP) is 2.61. The van der Waals surface area contributed by atoms with Crippen LogP contribution in [0.2, 0.25) is 0 Å². The molecule has 1 amide bonds. The van der Waals surface area contributed by atoms with Gasteiger partial charge in [0.2, 0.25) is 0 Å². The average molecular weight is 404 g/mol. The Morgan fingerprint density at radius 3 is 2.07 bits per heavy atom. The summed E-state index contributed by atoms with van der Waals surface area (Å²) in [5.41, 5.74) is 1.90. The third kappa shape index (κ3) is 6.15. The normalized spacial score (nSPS) is 11.7. The molecule has 2 aromatic carbocycles. The number of hydrazine groups is 1. The molecule has 0 bridgehead atoms. The first-order valence-electron chi connectivity index (χ1n) is 7.51. The maximum absolute atomic E-state index is 12.1. The Bertz CT molecular complexity index is 882. The van der Waals surface area contributed by atoms with E-state index in [4.69, 9.17) is 4.74 Å². The van der Waals surface area contributed by atoms with E-state index in [1.807, 2.05) is 10.3 Å². The van der Waals surface area contributed by atoms with Crippen LogP contribution in [0.1, 0.15) is 17.3 Å². The van der Waals surface area contributed by atoms with Crippen molar-refractivity contribution in [2.45, 2.75) is 18.2 Å². The van der Waals surface area contributed by atoms with Crippen LogP contribution in [-0.4, -0.2) is 27.3 Å². The number of benzene rings is 2. The number of sulfonamides is 1. The van der Waals surface area contributed by atoms with Crippen LogP contribution in [0.5, 0.6) is 11.5 Å². The largest absolute Gasteiger partial charge is 0.573 e. The molecule has 0 aliphatic rings. The fourth-order valence-corrected chi connectivity index (χ4v) is 2.77. The van der Waals surface area contributed by atoms with E-state index >= 15 is 0 Å². The minimum absolute atomic E-state index is 0.0704. The molecule has 11 heteroatoms. The van der Waals surface area contributed by atoms with E-state index in [0.29, 0.717) is 12.4 Å². The second kappa shape index (κ2) is 8.27. The van der Waals surface area contributed by atoms with Crippen molar-refractivity contribution in [3.05, 3.63) is 54.1 Å². The SMILES string of the molecule is CCOc1ccc(S(=O)(=O)NNC(=O)c2ccc(OC(F)(F)F)cc2)cc1. The van der Waals surface area contributed by atoms with Gasteiger partial charge in [0.1, 0.15) is 11.5 Å².